The summed E-state index contributed by atoms with van der Waals surface area (Å²) in [5.74, 6) is -0.0386. The van der Waals surface area contributed by atoms with E-state index in [1.54, 1.807) is 17.0 Å². The van der Waals surface area contributed by atoms with Gasteiger partial charge in [0.05, 0.1) is 4.90 Å². The maximum atomic E-state index is 12.4. The lowest BCUT2D eigenvalue weighted by molar-refractivity contribution is -0.132. The molecule has 1 amide bonds. The Labute approximate surface area is 183 Å². The summed E-state index contributed by atoms with van der Waals surface area (Å²) in [5, 5.41) is 0.352. The van der Waals surface area contributed by atoms with Gasteiger partial charge in [0.1, 0.15) is 0 Å². The van der Waals surface area contributed by atoms with Crippen molar-refractivity contribution in [1.82, 2.24) is 14.5 Å². The summed E-state index contributed by atoms with van der Waals surface area (Å²) in [6.45, 7) is 3.82. The van der Waals surface area contributed by atoms with Crippen molar-refractivity contribution >= 4 is 33.6 Å². The summed E-state index contributed by atoms with van der Waals surface area (Å²) in [6.07, 6.45) is 4.37. The predicted molar refractivity (Wildman–Crippen MR) is 120 cm³/mol. The first kappa shape index (κ1) is 22.5. The van der Waals surface area contributed by atoms with Gasteiger partial charge in [-0.25, -0.2) is 13.1 Å². The van der Waals surface area contributed by atoms with E-state index >= 15 is 0 Å². The largest absolute Gasteiger partial charge is 0.340 e. The molecule has 0 radical (unpaired) electrons. The number of hydrogen-bond donors (Lipinski definition) is 1. The molecule has 160 valence electrons. The van der Waals surface area contributed by atoms with Gasteiger partial charge in [-0.2, -0.15) is 0 Å². The first-order chi connectivity index (χ1) is 14.4. The topological polar surface area (TPSA) is 69.7 Å². The average molecular weight is 448 g/mol. The Morgan fingerprint density at radius 1 is 1.03 bits per heavy atom. The zero-order valence-electron chi connectivity index (χ0n) is 16.7. The minimum absolute atomic E-state index is 0.0386. The maximum Gasteiger partial charge on any atom is 0.240 e. The van der Waals surface area contributed by atoms with Gasteiger partial charge in [-0.15, -0.1) is 0 Å². The second-order valence-corrected chi connectivity index (χ2v) is 9.30. The van der Waals surface area contributed by atoms with E-state index in [0.29, 0.717) is 18.1 Å². The second-order valence-electron chi connectivity index (χ2n) is 7.10. The Bertz CT molecular complexity index is 972. The van der Waals surface area contributed by atoms with E-state index in [1.165, 1.54) is 17.7 Å². The molecule has 0 aliphatic carbocycles. The summed E-state index contributed by atoms with van der Waals surface area (Å²) in [5.41, 5.74) is 1.17. The molecule has 3 rings (SSSR count). The van der Waals surface area contributed by atoms with Crippen LogP contribution in [-0.4, -0.2) is 63.4 Å². The lowest BCUT2D eigenvalue weighted by Gasteiger charge is -2.34. The van der Waals surface area contributed by atoms with Gasteiger partial charge in [0.25, 0.3) is 0 Å². The van der Waals surface area contributed by atoms with Crippen LogP contribution in [0.25, 0.3) is 6.08 Å². The highest BCUT2D eigenvalue weighted by Crippen LogP contribution is 2.15. The van der Waals surface area contributed by atoms with Crippen LogP contribution in [0.4, 0.5) is 0 Å². The summed E-state index contributed by atoms with van der Waals surface area (Å²) in [6, 6.07) is 16.2. The van der Waals surface area contributed by atoms with Crippen LogP contribution < -0.4 is 4.72 Å². The van der Waals surface area contributed by atoms with Gasteiger partial charge >= 0.3 is 0 Å². The van der Waals surface area contributed by atoms with Crippen LogP contribution in [0, 0.1) is 0 Å². The Hall–Kier alpha value is -2.19. The van der Waals surface area contributed by atoms with Crippen LogP contribution in [0.3, 0.4) is 0 Å². The molecule has 0 atom stereocenters. The fourth-order valence-corrected chi connectivity index (χ4v) is 4.58. The van der Waals surface area contributed by atoms with Crippen LogP contribution in [0.2, 0.25) is 5.02 Å². The van der Waals surface area contributed by atoms with Gasteiger partial charge < -0.3 is 4.90 Å². The molecule has 1 aliphatic rings. The molecule has 1 heterocycles. The van der Waals surface area contributed by atoms with E-state index in [4.69, 9.17) is 11.6 Å². The molecule has 0 unspecified atom stereocenters. The molecular formula is C22H26ClN3O3S. The normalized spacial score (nSPS) is 15.6. The van der Waals surface area contributed by atoms with E-state index in [1.807, 2.05) is 18.2 Å². The third kappa shape index (κ3) is 6.67. The van der Waals surface area contributed by atoms with Crippen molar-refractivity contribution in [1.29, 1.82) is 0 Å². The number of halogens is 1. The average Bonchev–Trinajstić information content (AvgIpc) is 2.75. The molecule has 1 N–H and O–H groups in total. The van der Waals surface area contributed by atoms with Crippen molar-refractivity contribution in [2.75, 3.05) is 39.3 Å². The quantitative estimate of drug-likeness (QED) is 0.675. The zero-order chi connectivity index (χ0) is 21.4. The SMILES string of the molecule is O=C(CCNS(=O)(=O)c1cccc(Cl)c1)N1CCN(C/C=C/c2ccccc2)CC1. The molecule has 0 aromatic heterocycles. The van der Waals surface area contributed by atoms with Crippen molar-refractivity contribution in [3.8, 4) is 0 Å². The molecule has 0 spiro atoms. The molecular weight excluding hydrogens is 422 g/mol. The van der Waals surface area contributed by atoms with E-state index in [0.717, 1.165) is 19.6 Å². The fourth-order valence-electron chi connectivity index (χ4n) is 3.25. The Kier molecular flexibility index (Phi) is 8.04. The summed E-state index contributed by atoms with van der Waals surface area (Å²) in [4.78, 5) is 16.6. The summed E-state index contributed by atoms with van der Waals surface area (Å²) in [7, 11) is -3.67. The fraction of sp³-hybridized carbons (Fsp3) is 0.318. The molecule has 8 heteroatoms. The van der Waals surface area contributed by atoms with Crippen LogP contribution in [-0.2, 0) is 14.8 Å². The molecule has 1 saturated heterocycles. The van der Waals surface area contributed by atoms with Gasteiger partial charge in [0.15, 0.2) is 0 Å². The lowest BCUT2D eigenvalue weighted by atomic mass is 10.2. The molecule has 0 saturated carbocycles. The van der Waals surface area contributed by atoms with Gasteiger partial charge in [-0.05, 0) is 23.8 Å². The predicted octanol–water partition coefficient (Wildman–Crippen LogP) is 2.87. The zero-order valence-corrected chi connectivity index (χ0v) is 18.3. The Morgan fingerprint density at radius 3 is 2.47 bits per heavy atom. The molecule has 2 aromatic carbocycles. The third-order valence-corrected chi connectivity index (χ3v) is 6.63. The van der Waals surface area contributed by atoms with E-state index in [2.05, 4.69) is 33.9 Å². The number of nitrogens with one attached hydrogen (secondary N) is 1. The Morgan fingerprint density at radius 2 is 1.77 bits per heavy atom. The number of carbonyl (C=O) groups excluding carboxylic acids is 1. The van der Waals surface area contributed by atoms with Crippen molar-refractivity contribution in [2.45, 2.75) is 11.3 Å². The molecule has 30 heavy (non-hydrogen) atoms. The molecule has 1 fully saturated rings. The molecule has 2 aromatic rings. The van der Waals surface area contributed by atoms with Crippen LogP contribution in [0.1, 0.15) is 12.0 Å². The number of rotatable bonds is 8. The highest BCUT2D eigenvalue weighted by atomic mass is 35.5. The third-order valence-electron chi connectivity index (χ3n) is 4.94. The number of carbonyl (C=O) groups is 1. The minimum atomic E-state index is -3.67. The standard InChI is InChI=1S/C22H26ClN3O3S/c23-20-9-4-10-21(18-20)30(28,29)24-12-11-22(27)26-16-14-25(15-17-26)13-5-8-19-6-2-1-3-7-19/h1-10,18,24H,11-17H2/b8-5+. The highest BCUT2D eigenvalue weighted by Gasteiger charge is 2.21. The number of piperazine rings is 1. The summed E-state index contributed by atoms with van der Waals surface area (Å²) >= 11 is 5.85. The number of nitrogens with zero attached hydrogens (tertiary/aromatic N) is 2. The van der Waals surface area contributed by atoms with Crippen LogP contribution in [0.15, 0.2) is 65.6 Å². The minimum Gasteiger partial charge on any atom is -0.340 e. The smallest absolute Gasteiger partial charge is 0.240 e. The highest BCUT2D eigenvalue weighted by molar-refractivity contribution is 7.89. The number of hydrogen-bond acceptors (Lipinski definition) is 4. The van der Waals surface area contributed by atoms with Crippen molar-refractivity contribution in [3.63, 3.8) is 0 Å². The molecule has 0 bridgehead atoms. The lowest BCUT2D eigenvalue weighted by Crippen LogP contribution is -2.49. The monoisotopic (exact) mass is 447 g/mol. The number of amides is 1. The first-order valence-electron chi connectivity index (χ1n) is 9.91. The molecule has 6 nitrogen and oxygen atoms in total. The van der Waals surface area contributed by atoms with Crippen molar-refractivity contribution < 1.29 is 13.2 Å². The van der Waals surface area contributed by atoms with Crippen LogP contribution >= 0.6 is 11.6 Å². The van der Waals surface area contributed by atoms with Gasteiger partial charge in [0, 0.05) is 50.7 Å². The van der Waals surface area contributed by atoms with E-state index in [9.17, 15) is 13.2 Å². The van der Waals surface area contributed by atoms with Crippen molar-refractivity contribution in [2.24, 2.45) is 0 Å². The first-order valence-corrected chi connectivity index (χ1v) is 11.8. The van der Waals surface area contributed by atoms with Crippen molar-refractivity contribution in [3.05, 3.63) is 71.3 Å². The number of sulfonamides is 1. The van der Waals surface area contributed by atoms with Gasteiger partial charge in [-0.1, -0.05) is 60.2 Å². The second kappa shape index (κ2) is 10.7. The van der Waals surface area contributed by atoms with E-state index in [-0.39, 0.29) is 23.8 Å². The van der Waals surface area contributed by atoms with Gasteiger partial charge in [0.2, 0.25) is 15.9 Å². The number of benzene rings is 2. The Balaban J connectivity index is 1.38. The van der Waals surface area contributed by atoms with Gasteiger partial charge in [-0.3, -0.25) is 9.69 Å². The maximum absolute atomic E-state index is 12.4. The summed E-state index contributed by atoms with van der Waals surface area (Å²) < 4.78 is 27.0. The van der Waals surface area contributed by atoms with E-state index < -0.39 is 10.0 Å². The van der Waals surface area contributed by atoms with Crippen LogP contribution in [0.5, 0.6) is 0 Å². The molecule has 1 aliphatic heterocycles.